The van der Waals surface area contributed by atoms with E-state index in [9.17, 15) is 4.79 Å². The number of hydrogen-bond donors (Lipinski definition) is 0. The Hall–Kier alpha value is -2.44. The molecule has 1 fully saturated rings. The van der Waals surface area contributed by atoms with Gasteiger partial charge in [0, 0.05) is 6.61 Å². The summed E-state index contributed by atoms with van der Waals surface area (Å²) in [5.74, 6) is 0.722. The van der Waals surface area contributed by atoms with Crippen molar-refractivity contribution in [2.24, 2.45) is 4.99 Å². The minimum absolute atomic E-state index is 0.195. The van der Waals surface area contributed by atoms with Gasteiger partial charge in [0.2, 0.25) is 5.90 Å². The molecule has 6 heteroatoms. The fourth-order valence-corrected chi connectivity index (χ4v) is 3.35. The topological polar surface area (TPSA) is 57.1 Å². The summed E-state index contributed by atoms with van der Waals surface area (Å²) < 4.78 is 16.5. The number of carbonyl (C=O) groups is 1. The molecule has 0 bridgehead atoms. The number of nitrogens with zero attached hydrogens (tertiary/aromatic N) is 1. The molecule has 1 aromatic heterocycles. The number of ether oxygens (including phenoxy) is 3. The summed E-state index contributed by atoms with van der Waals surface area (Å²) in [4.78, 5) is 17.1. The molecule has 2 aliphatic rings. The predicted octanol–water partition coefficient (Wildman–Crippen LogP) is 3.65. The number of rotatable bonds is 5. The van der Waals surface area contributed by atoms with Crippen molar-refractivity contribution in [3.05, 3.63) is 57.9 Å². The molecule has 5 nitrogen and oxygen atoms in total. The van der Waals surface area contributed by atoms with Crippen LogP contribution in [0.5, 0.6) is 5.75 Å². The van der Waals surface area contributed by atoms with Crippen LogP contribution in [0.3, 0.4) is 0 Å². The van der Waals surface area contributed by atoms with Gasteiger partial charge in [-0.3, -0.25) is 0 Å². The lowest BCUT2D eigenvalue weighted by molar-refractivity contribution is -0.129. The van der Waals surface area contributed by atoms with E-state index in [4.69, 9.17) is 14.2 Å². The molecule has 0 radical (unpaired) electrons. The van der Waals surface area contributed by atoms with Gasteiger partial charge in [-0.1, -0.05) is 18.2 Å². The maximum Gasteiger partial charge on any atom is 0.363 e. The number of thiophene rings is 1. The SMILES string of the molecule is O=C1OC(c2cccs2)=N/C1=C\c1ccc(OC[C@@H]2CCCO2)cc1. The average Bonchev–Trinajstić information content (AvgIpc) is 3.37. The molecule has 1 saturated heterocycles. The molecular weight excluding hydrogens is 338 g/mol. The second-order valence-corrected chi connectivity index (χ2v) is 6.78. The summed E-state index contributed by atoms with van der Waals surface area (Å²) in [5.41, 5.74) is 1.17. The second kappa shape index (κ2) is 7.21. The molecule has 4 rings (SSSR count). The third-order valence-electron chi connectivity index (χ3n) is 4.00. The van der Waals surface area contributed by atoms with Crippen LogP contribution in [0.15, 0.2) is 52.5 Å². The molecule has 1 atom stereocenters. The Bertz CT molecular complexity index is 802. The van der Waals surface area contributed by atoms with Crippen LogP contribution in [-0.4, -0.2) is 31.2 Å². The van der Waals surface area contributed by atoms with E-state index in [-0.39, 0.29) is 6.10 Å². The van der Waals surface area contributed by atoms with Crippen molar-refractivity contribution in [2.45, 2.75) is 18.9 Å². The molecule has 1 aromatic carbocycles. The molecule has 0 spiro atoms. The van der Waals surface area contributed by atoms with Gasteiger partial charge in [-0.2, -0.15) is 0 Å². The Balaban J connectivity index is 1.43. The Morgan fingerprint density at radius 2 is 2.16 bits per heavy atom. The van der Waals surface area contributed by atoms with Crippen molar-refractivity contribution >= 4 is 29.3 Å². The first kappa shape index (κ1) is 16.1. The highest BCUT2D eigenvalue weighted by atomic mass is 32.1. The standard InChI is InChI=1S/C19H17NO4S/c21-19-16(20-18(24-19)17-4-2-10-25-17)11-13-5-7-14(8-6-13)23-12-15-3-1-9-22-15/h2,4-8,10-11,15H,1,3,9,12H2/b16-11-/t15-/m0/s1. The molecule has 0 N–H and O–H groups in total. The fourth-order valence-electron chi connectivity index (χ4n) is 2.70. The van der Waals surface area contributed by atoms with Crippen LogP contribution in [0.25, 0.3) is 6.08 Å². The minimum atomic E-state index is -0.429. The number of carbonyl (C=O) groups excluding carboxylic acids is 1. The Morgan fingerprint density at radius 3 is 2.88 bits per heavy atom. The highest BCUT2D eigenvalue weighted by molar-refractivity contribution is 7.12. The maximum absolute atomic E-state index is 12.0. The predicted molar refractivity (Wildman–Crippen MR) is 95.8 cm³/mol. The largest absolute Gasteiger partial charge is 0.491 e. The van der Waals surface area contributed by atoms with Crippen molar-refractivity contribution in [3.63, 3.8) is 0 Å². The normalized spacial score (nSPS) is 21.4. The zero-order valence-electron chi connectivity index (χ0n) is 13.5. The smallest absolute Gasteiger partial charge is 0.363 e. The van der Waals surface area contributed by atoms with Gasteiger partial charge in [0.25, 0.3) is 0 Å². The first-order valence-corrected chi connectivity index (χ1v) is 9.07. The van der Waals surface area contributed by atoms with Gasteiger partial charge in [-0.05, 0) is 48.1 Å². The summed E-state index contributed by atoms with van der Waals surface area (Å²) in [7, 11) is 0. The van der Waals surface area contributed by atoms with Crippen molar-refractivity contribution in [1.82, 2.24) is 0 Å². The molecular formula is C19H17NO4S. The molecule has 128 valence electrons. The fraction of sp³-hybridized carbons (Fsp3) is 0.263. The highest BCUT2D eigenvalue weighted by Crippen LogP contribution is 2.23. The van der Waals surface area contributed by atoms with Crippen LogP contribution >= 0.6 is 11.3 Å². The monoisotopic (exact) mass is 355 g/mol. The lowest BCUT2D eigenvalue weighted by Crippen LogP contribution is -2.16. The minimum Gasteiger partial charge on any atom is -0.491 e. The lowest BCUT2D eigenvalue weighted by Gasteiger charge is -2.11. The molecule has 2 aliphatic heterocycles. The summed E-state index contributed by atoms with van der Waals surface area (Å²) in [6.07, 6.45) is 4.06. The van der Waals surface area contributed by atoms with Crippen LogP contribution in [0.1, 0.15) is 23.3 Å². The molecule has 25 heavy (non-hydrogen) atoms. The van der Waals surface area contributed by atoms with Gasteiger partial charge in [0.05, 0.1) is 11.0 Å². The van der Waals surface area contributed by atoms with E-state index in [1.807, 2.05) is 41.8 Å². The summed E-state index contributed by atoms with van der Waals surface area (Å²) >= 11 is 1.49. The molecule has 2 aromatic rings. The first-order chi connectivity index (χ1) is 12.3. The molecule has 0 amide bonds. The van der Waals surface area contributed by atoms with Crippen molar-refractivity contribution < 1.29 is 19.0 Å². The number of cyclic esters (lactones) is 1. The van der Waals surface area contributed by atoms with E-state index >= 15 is 0 Å². The maximum atomic E-state index is 12.0. The number of aliphatic imine (C=N–C) groups is 1. The summed E-state index contributed by atoms with van der Waals surface area (Å²) in [6.45, 7) is 1.39. The third-order valence-corrected chi connectivity index (χ3v) is 4.85. The Labute approximate surface area is 149 Å². The molecule has 0 saturated carbocycles. The second-order valence-electron chi connectivity index (χ2n) is 5.83. The Kier molecular flexibility index (Phi) is 4.63. The molecule has 0 aliphatic carbocycles. The quantitative estimate of drug-likeness (QED) is 0.607. The zero-order chi connectivity index (χ0) is 17.1. The van der Waals surface area contributed by atoms with Crippen molar-refractivity contribution in [1.29, 1.82) is 0 Å². The van der Waals surface area contributed by atoms with Crippen molar-refractivity contribution in [2.75, 3.05) is 13.2 Å². The number of benzene rings is 1. The van der Waals surface area contributed by atoms with Gasteiger partial charge < -0.3 is 14.2 Å². The molecule has 3 heterocycles. The Morgan fingerprint density at radius 1 is 1.28 bits per heavy atom. The van der Waals surface area contributed by atoms with E-state index in [1.165, 1.54) is 11.3 Å². The summed E-state index contributed by atoms with van der Waals surface area (Å²) in [5, 5.41) is 1.92. The zero-order valence-corrected chi connectivity index (χ0v) is 14.3. The van der Waals surface area contributed by atoms with Crippen LogP contribution in [0.2, 0.25) is 0 Å². The van der Waals surface area contributed by atoms with Crippen LogP contribution in [0.4, 0.5) is 0 Å². The number of hydrogen-bond acceptors (Lipinski definition) is 6. The van der Waals surface area contributed by atoms with E-state index in [0.717, 1.165) is 35.6 Å². The van der Waals surface area contributed by atoms with Gasteiger partial charge >= 0.3 is 5.97 Å². The molecule has 0 unspecified atom stereocenters. The van der Waals surface area contributed by atoms with E-state index in [2.05, 4.69) is 4.99 Å². The van der Waals surface area contributed by atoms with Crippen LogP contribution in [0, 0.1) is 0 Å². The number of esters is 1. The van der Waals surface area contributed by atoms with E-state index in [1.54, 1.807) is 6.08 Å². The van der Waals surface area contributed by atoms with E-state index < -0.39 is 5.97 Å². The van der Waals surface area contributed by atoms with Gasteiger partial charge in [0.15, 0.2) is 5.70 Å². The van der Waals surface area contributed by atoms with Gasteiger partial charge in [0.1, 0.15) is 12.4 Å². The van der Waals surface area contributed by atoms with Gasteiger partial charge in [-0.15, -0.1) is 11.3 Å². The van der Waals surface area contributed by atoms with Crippen LogP contribution in [-0.2, 0) is 14.3 Å². The first-order valence-electron chi connectivity index (χ1n) is 8.19. The van der Waals surface area contributed by atoms with Crippen LogP contribution < -0.4 is 4.74 Å². The average molecular weight is 355 g/mol. The van der Waals surface area contributed by atoms with Gasteiger partial charge in [-0.25, -0.2) is 9.79 Å². The summed E-state index contributed by atoms with van der Waals surface area (Å²) in [6, 6.07) is 11.3. The third kappa shape index (κ3) is 3.81. The van der Waals surface area contributed by atoms with Crippen molar-refractivity contribution in [3.8, 4) is 5.75 Å². The lowest BCUT2D eigenvalue weighted by atomic mass is 10.2. The van der Waals surface area contributed by atoms with E-state index in [0.29, 0.717) is 18.2 Å². The highest BCUT2D eigenvalue weighted by Gasteiger charge is 2.24.